The highest BCUT2D eigenvalue weighted by atomic mass is 15.2. The minimum atomic E-state index is -0.177. The van der Waals surface area contributed by atoms with Gasteiger partial charge in [-0.2, -0.15) is 0 Å². The smallest absolute Gasteiger partial charge is 0.333 e. The van der Waals surface area contributed by atoms with E-state index in [1.165, 1.54) is 167 Å². The monoisotopic (exact) mass is 1040 g/mol. The second-order valence-corrected chi connectivity index (χ2v) is 23.8. The molecule has 3 nitrogen and oxygen atoms in total. The SMILES string of the molecule is CCCCc1ccc(N(c2ccc(CCCC)cc2)c2ccc3c(c2)N(c2ccc(CCCC)cc2C)c2cc(-c4c(C)cccc4C)cc4c2B3N(c2ccc3c(c2)C(C)(C)c2ccccc2-3)c2c-4ccc3ccccc23)cc1. The molecule has 0 spiro atoms. The summed E-state index contributed by atoms with van der Waals surface area (Å²) in [7, 11) is 0. The number of hydrogen-bond donors (Lipinski definition) is 0. The van der Waals surface area contributed by atoms with Gasteiger partial charge in [-0.25, -0.2) is 0 Å². The third-order valence-corrected chi connectivity index (χ3v) is 18.1. The van der Waals surface area contributed by atoms with E-state index in [1.807, 2.05) is 0 Å². The van der Waals surface area contributed by atoms with Gasteiger partial charge in [0.25, 0.3) is 0 Å². The fourth-order valence-corrected chi connectivity index (χ4v) is 14.0. The van der Waals surface area contributed by atoms with Crippen LogP contribution in [0, 0.1) is 20.8 Å². The maximum atomic E-state index is 2.75. The van der Waals surface area contributed by atoms with E-state index in [4.69, 9.17) is 0 Å². The molecule has 0 unspecified atom stereocenters. The maximum Gasteiger partial charge on any atom is 0.333 e. The minimum absolute atomic E-state index is 0.175. The fourth-order valence-electron chi connectivity index (χ4n) is 14.0. The topological polar surface area (TPSA) is 9.72 Å². The molecule has 80 heavy (non-hydrogen) atoms. The lowest BCUT2D eigenvalue weighted by Gasteiger charge is -2.47. The Morgan fingerprint density at radius 3 is 1.75 bits per heavy atom. The van der Waals surface area contributed by atoms with Crippen LogP contribution < -0.4 is 25.5 Å². The highest BCUT2D eigenvalue weighted by Gasteiger charge is 2.47. The zero-order valence-corrected chi connectivity index (χ0v) is 48.3. The second-order valence-electron chi connectivity index (χ2n) is 23.8. The first kappa shape index (κ1) is 51.4. The van der Waals surface area contributed by atoms with E-state index in [0.717, 1.165) is 36.3 Å². The molecule has 0 bridgehead atoms. The van der Waals surface area contributed by atoms with Crippen molar-refractivity contribution in [3.8, 4) is 33.4 Å². The predicted molar refractivity (Wildman–Crippen MR) is 345 cm³/mol. The van der Waals surface area contributed by atoms with Crippen LogP contribution in [0.1, 0.15) is 118 Å². The Hall–Kier alpha value is -8.08. The maximum absolute atomic E-state index is 2.75. The zero-order chi connectivity index (χ0) is 54.8. The largest absolute Gasteiger partial charge is 0.376 e. The van der Waals surface area contributed by atoms with E-state index < -0.39 is 0 Å². The van der Waals surface area contributed by atoms with Crippen LogP contribution in [0.5, 0.6) is 0 Å². The minimum Gasteiger partial charge on any atom is -0.376 e. The molecule has 3 aliphatic rings. The summed E-state index contributed by atoms with van der Waals surface area (Å²) >= 11 is 0. The average molecular weight is 1040 g/mol. The summed E-state index contributed by atoms with van der Waals surface area (Å²) in [5.41, 5.74) is 30.5. The van der Waals surface area contributed by atoms with Crippen molar-refractivity contribution in [3.63, 3.8) is 0 Å². The number of nitrogens with zero attached hydrogens (tertiary/aromatic N) is 3. The Kier molecular flexibility index (Phi) is 13.4. The van der Waals surface area contributed by atoms with Gasteiger partial charge < -0.3 is 14.6 Å². The first-order valence-electron chi connectivity index (χ1n) is 29.9. The molecule has 2 aliphatic heterocycles. The van der Waals surface area contributed by atoms with Gasteiger partial charge in [-0.3, -0.25) is 0 Å². The third kappa shape index (κ3) is 8.65. The van der Waals surface area contributed by atoms with Gasteiger partial charge in [0.15, 0.2) is 0 Å². The summed E-state index contributed by atoms with van der Waals surface area (Å²) in [6, 6.07) is 75.7. The first-order valence-corrected chi connectivity index (χ1v) is 29.9. The van der Waals surface area contributed by atoms with Gasteiger partial charge in [0, 0.05) is 61.9 Å². The number of aryl methyl sites for hydroxylation is 6. The zero-order valence-electron chi connectivity index (χ0n) is 48.3. The molecule has 4 heteroatoms. The Balaban J connectivity index is 1.12. The molecule has 0 saturated carbocycles. The standard InChI is InChI=1S/C76H74BN3/c1-9-12-22-53-29-35-58(36-30-53)78(59-37-31-54(32-38-59)23-13-10-2)60-40-43-69-71(49-60)79(70-44-33-55(24-14-11-3)45-52(70)6)72-47-57(73-50(4)20-19-21-51(73)5)46-66-65-41-34-56-25-15-16-26-62(56)75(65)80(77(69)74(66)72)61-39-42-64-63-27-17-18-28-67(63)76(7,8)68(64)48-61/h15-21,25-49H,9-14,22-24H2,1-8H3. The quantitative estimate of drug-likeness (QED) is 0.0948. The molecule has 13 rings (SSSR count). The van der Waals surface area contributed by atoms with Crippen LogP contribution in [0.4, 0.5) is 45.5 Å². The highest BCUT2D eigenvalue weighted by Crippen LogP contribution is 2.54. The molecule has 396 valence electrons. The molecule has 0 N–H and O–H groups in total. The molecule has 2 heterocycles. The predicted octanol–water partition coefficient (Wildman–Crippen LogP) is 19.9. The fraction of sp³-hybridized carbons (Fsp3) is 0.237. The van der Waals surface area contributed by atoms with Crippen LogP contribution in [0.25, 0.3) is 44.2 Å². The summed E-state index contributed by atoms with van der Waals surface area (Å²) < 4.78 is 0. The molecule has 10 aromatic carbocycles. The van der Waals surface area contributed by atoms with Gasteiger partial charge in [-0.1, -0.05) is 181 Å². The van der Waals surface area contributed by atoms with Crippen molar-refractivity contribution in [3.05, 3.63) is 239 Å². The van der Waals surface area contributed by atoms with Crippen molar-refractivity contribution >= 4 is 74.0 Å². The Morgan fingerprint density at radius 1 is 0.450 bits per heavy atom. The molecule has 0 fully saturated rings. The molecule has 0 atom stereocenters. The van der Waals surface area contributed by atoms with Crippen molar-refractivity contribution in [1.29, 1.82) is 0 Å². The molecule has 0 saturated heterocycles. The molecule has 0 amide bonds. The highest BCUT2D eigenvalue weighted by molar-refractivity contribution is 6.94. The van der Waals surface area contributed by atoms with E-state index in [9.17, 15) is 0 Å². The van der Waals surface area contributed by atoms with Crippen molar-refractivity contribution in [2.75, 3.05) is 14.6 Å². The Bertz CT molecular complexity index is 3930. The van der Waals surface area contributed by atoms with Gasteiger partial charge >= 0.3 is 6.85 Å². The van der Waals surface area contributed by atoms with Gasteiger partial charge in [0.2, 0.25) is 0 Å². The number of anilines is 8. The van der Waals surface area contributed by atoms with Crippen molar-refractivity contribution in [1.82, 2.24) is 0 Å². The van der Waals surface area contributed by atoms with Crippen LogP contribution in [-0.4, -0.2) is 6.85 Å². The summed E-state index contributed by atoms with van der Waals surface area (Å²) in [6.45, 7) is 18.4. The summed E-state index contributed by atoms with van der Waals surface area (Å²) in [6.07, 6.45) is 10.3. The summed E-state index contributed by atoms with van der Waals surface area (Å²) in [5, 5.41) is 2.50. The van der Waals surface area contributed by atoms with E-state index in [2.05, 4.69) is 264 Å². The van der Waals surface area contributed by atoms with Crippen LogP contribution in [0.15, 0.2) is 194 Å². The van der Waals surface area contributed by atoms with E-state index in [0.29, 0.717) is 0 Å². The van der Waals surface area contributed by atoms with E-state index in [-0.39, 0.29) is 12.3 Å². The lowest BCUT2D eigenvalue weighted by molar-refractivity contribution is 0.660. The summed E-state index contributed by atoms with van der Waals surface area (Å²) in [4.78, 5) is 7.92. The number of hydrogen-bond acceptors (Lipinski definition) is 3. The number of benzene rings is 10. The van der Waals surface area contributed by atoms with Crippen molar-refractivity contribution < 1.29 is 0 Å². The number of fused-ring (bicyclic) bond motifs is 9. The van der Waals surface area contributed by atoms with E-state index in [1.54, 1.807) is 0 Å². The summed E-state index contributed by atoms with van der Waals surface area (Å²) in [5.74, 6) is 0. The second kappa shape index (κ2) is 20.9. The van der Waals surface area contributed by atoms with Gasteiger partial charge in [-0.15, -0.1) is 0 Å². The molecular weight excluding hydrogens is 966 g/mol. The molecule has 0 radical (unpaired) electrons. The van der Waals surface area contributed by atoms with Gasteiger partial charge in [-0.05, 0) is 215 Å². The lowest BCUT2D eigenvalue weighted by atomic mass is 9.43. The van der Waals surface area contributed by atoms with Crippen LogP contribution >= 0.6 is 0 Å². The van der Waals surface area contributed by atoms with Gasteiger partial charge in [0.05, 0.1) is 0 Å². The van der Waals surface area contributed by atoms with Crippen molar-refractivity contribution in [2.24, 2.45) is 0 Å². The van der Waals surface area contributed by atoms with Crippen molar-refractivity contribution in [2.45, 2.75) is 119 Å². The lowest BCUT2D eigenvalue weighted by Crippen LogP contribution is -2.61. The first-order chi connectivity index (χ1) is 39.1. The average Bonchev–Trinajstić information content (AvgIpc) is 2.01. The third-order valence-electron chi connectivity index (χ3n) is 18.1. The molecule has 0 aromatic heterocycles. The molecule has 1 aliphatic carbocycles. The molecule has 10 aromatic rings. The van der Waals surface area contributed by atoms with Crippen LogP contribution in [0.2, 0.25) is 0 Å². The van der Waals surface area contributed by atoms with Crippen LogP contribution in [-0.2, 0) is 24.7 Å². The Labute approximate surface area is 476 Å². The Morgan fingerprint density at radius 2 is 1.06 bits per heavy atom. The number of rotatable bonds is 15. The molecular formula is C76H74BN3. The number of unbranched alkanes of at least 4 members (excludes halogenated alkanes) is 3. The van der Waals surface area contributed by atoms with E-state index >= 15 is 0 Å². The van der Waals surface area contributed by atoms with Crippen LogP contribution in [0.3, 0.4) is 0 Å². The normalized spacial score (nSPS) is 13.5. The van der Waals surface area contributed by atoms with Gasteiger partial charge in [0.1, 0.15) is 0 Å².